The van der Waals surface area contributed by atoms with E-state index in [1.54, 1.807) is 25.2 Å². The first-order chi connectivity index (χ1) is 13.3. The van der Waals surface area contributed by atoms with E-state index in [1.165, 1.54) is 0 Å². The Labute approximate surface area is 159 Å². The molecule has 26 heavy (non-hydrogen) atoms. The van der Waals surface area contributed by atoms with Gasteiger partial charge in [0.25, 0.3) is 0 Å². The van der Waals surface area contributed by atoms with E-state index in [4.69, 9.17) is 7.85 Å². The Kier molecular flexibility index (Phi) is 9.34. The topological polar surface area (TPSA) is 74.6 Å². The fourth-order valence-electron chi connectivity index (χ4n) is 2.59. The summed E-state index contributed by atoms with van der Waals surface area (Å²) in [7, 11) is 0. The second-order valence-corrected chi connectivity index (χ2v) is 6.16. The van der Waals surface area contributed by atoms with Crippen molar-refractivity contribution in [2.45, 2.75) is 51.6 Å². The molecule has 0 bridgehead atoms. The summed E-state index contributed by atoms with van der Waals surface area (Å²) < 4.78 is 15.4. The standard InChI is InChI=1S/C22H30O4/c1-2-3-8-11-19(23)16-14-18-15-17-21(24)20(18)12-9-6-4-5-7-10-13-22(25)26/h3,5-9,14-20,23H,2,4,10-13H2,1H3,(H,25,26)/b7-5-,8-3-,9-6-,16-14+/t18-,19-,20-/m0/s1/i3D,8D. The molecule has 1 aliphatic rings. The van der Waals surface area contributed by atoms with Crippen LogP contribution in [-0.4, -0.2) is 28.1 Å². The van der Waals surface area contributed by atoms with Gasteiger partial charge in [0.15, 0.2) is 5.78 Å². The SMILES string of the molecule is [2H]/C(CC)=C(\[2H])C[C@H](O)/C=C/[C@H]1C=CC(=O)[C@H]1C/C=C\C/C=C\CCC(=O)O. The summed E-state index contributed by atoms with van der Waals surface area (Å²) in [6, 6.07) is 0.358. The van der Waals surface area contributed by atoms with Crippen LogP contribution in [0, 0.1) is 11.8 Å². The Bertz CT molecular complexity index is 674. The number of aliphatic hydroxyl groups is 1. The van der Waals surface area contributed by atoms with Crippen molar-refractivity contribution in [1.82, 2.24) is 0 Å². The predicted molar refractivity (Wildman–Crippen MR) is 105 cm³/mol. The van der Waals surface area contributed by atoms with E-state index < -0.39 is 12.1 Å². The molecule has 1 aliphatic carbocycles. The van der Waals surface area contributed by atoms with Crippen LogP contribution in [-0.2, 0) is 9.59 Å². The van der Waals surface area contributed by atoms with Crippen LogP contribution in [0.5, 0.6) is 0 Å². The van der Waals surface area contributed by atoms with Crippen LogP contribution < -0.4 is 0 Å². The zero-order valence-corrected chi connectivity index (χ0v) is 15.3. The normalized spacial score (nSPS) is 23.7. The zero-order valence-electron chi connectivity index (χ0n) is 17.3. The van der Waals surface area contributed by atoms with Gasteiger partial charge in [-0.25, -0.2) is 0 Å². The first-order valence-electron chi connectivity index (χ1n) is 10.1. The summed E-state index contributed by atoms with van der Waals surface area (Å²) in [6.45, 7) is 1.80. The first-order valence-corrected chi connectivity index (χ1v) is 9.10. The van der Waals surface area contributed by atoms with Crippen molar-refractivity contribution in [2.24, 2.45) is 11.8 Å². The number of ketones is 1. The van der Waals surface area contributed by atoms with Crippen molar-refractivity contribution < 1.29 is 22.5 Å². The van der Waals surface area contributed by atoms with Crippen molar-refractivity contribution in [2.75, 3.05) is 0 Å². The van der Waals surface area contributed by atoms with Gasteiger partial charge in [-0.15, -0.1) is 0 Å². The van der Waals surface area contributed by atoms with E-state index in [0.717, 1.165) is 0 Å². The minimum atomic E-state index is -0.837. The van der Waals surface area contributed by atoms with Gasteiger partial charge >= 0.3 is 5.97 Å². The summed E-state index contributed by atoms with van der Waals surface area (Å²) in [5.74, 6) is -1.02. The minimum Gasteiger partial charge on any atom is -0.481 e. The largest absolute Gasteiger partial charge is 0.481 e. The molecule has 3 atom stereocenters. The number of carbonyl (C=O) groups excluding carboxylic acids is 1. The van der Waals surface area contributed by atoms with Gasteiger partial charge in [-0.3, -0.25) is 9.59 Å². The third-order valence-corrected chi connectivity index (χ3v) is 4.00. The lowest BCUT2D eigenvalue weighted by Gasteiger charge is -2.13. The molecule has 1 rings (SSSR count). The van der Waals surface area contributed by atoms with Crippen LogP contribution in [0.25, 0.3) is 0 Å². The second kappa shape index (κ2) is 13.1. The van der Waals surface area contributed by atoms with E-state index >= 15 is 0 Å². The first kappa shape index (κ1) is 18.6. The minimum absolute atomic E-state index is 0.0614. The van der Waals surface area contributed by atoms with E-state index in [-0.39, 0.29) is 42.6 Å². The Morgan fingerprint density at radius 3 is 2.81 bits per heavy atom. The molecule has 0 saturated heterocycles. The second-order valence-electron chi connectivity index (χ2n) is 6.16. The molecule has 0 aliphatic heterocycles. The monoisotopic (exact) mass is 360 g/mol. The fraction of sp³-hybridized carbons (Fsp3) is 0.455. The highest BCUT2D eigenvalue weighted by Crippen LogP contribution is 2.27. The molecular weight excluding hydrogens is 328 g/mol. The van der Waals surface area contributed by atoms with Crippen molar-refractivity contribution in [3.8, 4) is 0 Å². The third-order valence-electron chi connectivity index (χ3n) is 4.00. The highest BCUT2D eigenvalue weighted by Gasteiger charge is 2.27. The molecule has 0 unspecified atom stereocenters. The molecular formula is C22H30O4. The van der Waals surface area contributed by atoms with Crippen molar-refractivity contribution in [3.05, 3.63) is 60.7 Å². The maximum Gasteiger partial charge on any atom is 0.303 e. The van der Waals surface area contributed by atoms with Gasteiger partial charge in [0.2, 0.25) is 0 Å². The Morgan fingerprint density at radius 2 is 2.08 bits per heavy atom. The van der Waals surface area contributed by atoms with Gasteiger partial charge in [-0.1, -0.05) is 61.6 Å². The lowest BCUT2D eigenvalue weighted by molar-refractivity contribution is -0.136. The average molecular weight is 360 g/mol. The molecule has 0 aromatic carbocycles. The molecule has 0 heterocycles. The number of aliphatic hydroxyl groups excluding tert-OH is 1. The highest BCUT2D eigenvalue weighted by molar-refractivity contribution is 5.95. The number of rotatable bonds is 12. The Morgan fingerprint density at radius 1 is 1.31 bits per heavy atom. The van der Waals surface area contributed by atoms with E-state index in [0.29, 0.717) is 25.7 Å². The maximum absolute atomic E-state index is 12.1. The van der Waals surface area contributed by atoms with Crippen LogP contribution in [0.15, 0.2) is 60.7 Å². The number of aliphatic carboxylic acids is 1. The lowest BCUT2D eigenvalue weighted by Crippen LogP contribution is -2.14. The van der Waals surface area contributed by atoms with Gasteiger partial charge < -0.3 is 10.2 Å². The number of carboxylic acids is 1. The van der Waals surface area contributed by atoms with Crippen LogP contribution >= 0.6 is 0 Å². The maximum atomic E-state index is 12.1. The Balaban J connectivity index is 2.48. The molecule has 4 heteroatoms. The van der Waals surface area contributed by atoms with Crippen LogP contribution in [0.1, 0.15) is 48.2 Å². The lowest BCUT2D eigenvalue weighted by atomic mass is 9.90. The fourth-order valence-corrected chi connectivity index (χ4v) is 2.59. The number of hydrogen-bond donors (Lipinski definition) is 2. The third kappa shape index (κ3) is 9.33. The molecule has 142 valence electrons. The molecule has 4 nitrogen and oxygen atoms in total. The average Bonchev–Trinajstić information content (AvgIpc) is 3.00. The van der Waals surface area contributed by atoms with Gasteiger partial charge in [-0.2, -0.15) is 0 Å². The number of carboxylic acid groups (broad SMARTS) is 1. The highest BCUT2D eigenvalue weighted by atomic mass is 16.4. The molecule has 0 spiro atoms. The van der Waals surface area contributed by atoms with E-state index in [9.17, 15) is 14.7 Å². The van der Waals surface area contributed by atoms with Gasteiger partial charge in [0.05, 0.1) is 8.85 Å². The van der Waals surface area contributed by atoms with E-state index in [2.05, 4.69) is 0 Å². The van der Waals surface area contributed by atoms with Crippen LogP contribution in [0.2, 0.25) is 0 Å². The summed E-state index contributed by atoms with van der Waals surface area (Å²) in [4.78, 5) is 22.5. The van der Waals surface area contributed by atoms with Gasteiger partial charge in [0.1, 0.15) is 0 Å². The number of allylic oxidation sites excluding steroid dienone is 8. The smallest absolute Gasteiger partial charge is 0.303 e. The van der Waals surface area contributed by atoms with Gasteiger partial charge in [0, 0.05) is 18.3 Å². The summed E-state index contributed by atoms with van der Waals surface area (Å²) in [5, 5.41) is 18.6. The Hall–Kier alpha value is -2.20. The van der Waals surface area contributed by atoms with Crippen molar-refractivity contribution in [3.63, 3.8) is 0 Å². The zero-order chi connectivity index (χ0) is 20.9. The molecule has 2 N–H and O–H groups in total. The molecule has 0 fully saturated rings. The molecule has 0 radical (unpaired) electrons. The molecule has 0 saturated carbocycles. The van der Waals surface area contributed by atoms with Crippen LogP contribution in [0.3, 0.4) is 0 Å². The molecule has 0 amide bonds. The summed E-state index contributed by atoms with van der Waals surface area (Å²) in [5.41, 5.74) is 0. The predicted octanol–water partition coefficient (Wildman–Crippen LogP) is 4.39. The quantitative estimate of drug-likeness (QED) is 0.506. The van der Waals surface area contributed by atoms with Crippen molar-refractivity contribution >= 4 is 11.8 Å². The van der Waals surface area contributed by atoms with E-state index in [1.807, 2.05) is 30.4 Å². The number of carbonyl (C=O) groups is 2. The molecule has 0 aromatic heterocycles. The summed E-state index contributed by atoms with van der Waals surface area (Å²) >= 11 is 0. The van der Waals surface area contributed by atoms with Crippen LogP contribution in [0.4, 0.5) is 0 Å². The summed E-state index contributed by atoms with van der Waals surface area (Å²) in [6.07, 6.45) is 16.1. The molecule has 0 aromatic rings. The number of hydrogen-bond acceptors (Lipinski definition) is 3. The van der Waals surface area contributed by atoms with Gasteiger partial charge in [-0.05, 0) is 38.2 Å². The van der Waals surface area contributed by atoms with Crippen molar-refractivity contribution in [1.29, 1.82) is 0 Å².